The number of ether oxygens (including phenoxy) is 1. The van der Waals surface area contributed by atoms with Gasteiger partial charge in [-0.2, -0.15) is 5.10 Å². The highest BCUT2D eigenvalue weighted by Gasteiger charge is 2.42. The average molecular weight is 377 g/mol. The number of fused-ring (bicyclic) bond motifs is 2. The van der Waals surface area contributed by atoms with Crippen LogP contribution in [-0.2, 0) is 0 Å². The number of aromatic hydroxyl groups is 1. The van der Waals surface area contributed by atoms with Gasteiger partial charge in [-0.25, -0.2) is 0 Å². The molecule has 0 amide bonds. The molecule has 0 radical (unpaired) electrons. The number of aromatic amines is 1. The zero-order chi connectivity index (χ0) is 19.1. The molecule has 2 fully saturated rings. The highest BCUT2D eigenvalue weighted by atomic mass is 16.5. The van der Waals surface area contributed by atoms with E-state index in [1.54, 1.807) is 18.5 Å². The van der Waals surface area contributed by atoms with Crippen molar-refractivity contribution < 1.29 is 9.84 Å². The molecule has 0 unspecified atom stereocenters. The van der Waals surface area contributed by atoms with Crippen molar-refractivity contribution in [1.82, 2.24) is 25.7 Å². The Morgan fingerprint density at radius 1 is 1.18 bits per heavy atom. The molecule has 7 nitrogen and oxygen atoms in total. The molecule has 3 N–H and O–H groups in total. The number of nitrogens with zero attached hydrogens (tertiary/aromatic N) is 3. The summed E-state index contributed by atoms with van der Waals surface area (Å²) in [6.45, 7) is 2.27. The van der Waals surface area contributed by atoms with Crippen LogP contribution < -0.4 is 10.1 Å². The molecule has 7 heteroatoms. The van der Waals surface area contributed by atoms with E-state index in [0.717, 1.165) is 24.0 Å². The van der Waals surface area contributed by atoms with Crippen LogP contribution in [0.15, 0.2) is 42.7 Å². The van der Waals surface area contributed by atoms with Gasteiger partial charge >= 0.3 is 0 Å². The third-order valence-electron chi connectivity index (χ3n) is 5.86. The first-order valence-corrected chi connectivity index (χ1v) is 9.69. The number of piperidine rings is 1. The van der Waals surface area contributed by atoms with Gasteiger partial charge < -0.3 is 15.2 Å². The fourth-order valence-electron chi connectivity index (χ4n) is 4.49. The molecule has 1 aromatic carbocycles. The molecule has 0 aliphatic carbocycles. The van der Waals surface area contributed by atoms with Crippen LogP contribution >= 0.6 is 0 Å². The summed E-state index contributed by atoms with van der Waals surface area (Å²) in [7, 11) is 0. The van der Waals surface area contributed by atoms with Crippen LogP contribution in [0.3, 0.4) is 0 Å². The maximum atomic E-state index is 10.4. The smallest absolute Gasteiger partial charge is 0.233 e. The Kier molecular flexibility index (Phi) is 4.05. The van der Waals surface area contributed by atoms with Crippen LogP contribution in [0.25, 0.3) is 22.4 Å². The maximum Gasteiger partial charge on any atom is 0.233 e. The molecule has 4 heterocycles. The van der Waals surface area contributed by atoms with Crippen molar-refractivity contribution in [1.29, 1.82) is 0 Å². The Hall–Kier alpha value is -2.93. The Morgan fingerprint density at radius 3 is 2.82 bits per heavy atom. The molecule has 5 rings (SSSR count). The van der Waals surface area contributed by atoms with Crippen molar-refractivity contribution in [2.24, 2.45) is 0 Å². The van der Waals surface area contributed by atoms with E-state index in [9.17, 15) is 5.11 Å². The number of H-pyrrole nitrogens is 1. The lowest BCUT2D eigenvalue weighted by molar-refractivity contribution is 0.103. The Balaban J connectivity index is 1.31. The Labute approximate surface area is 163 Å². The fraction of sp³-hybridized carbons (Fsp3) is 0.381. The summed E-state index contributed by atoms with van der Waals surface area (Å²) in [4.78, 5) is 0. The molecule has 2 aromatic heterocycles. The van der Waals surface area contributed by atoms with Gasteiger partial charge in [0.25, 0.3) is 0 Å². The monoisotopic (exact) mass is 377 g/mol. The van der Waals surface area contributed by atoms with Gasteiger partial charge in [0.2, 0.25) is 5.88 Å². The summed E-state index contributed by atoms with van der Waals surface area (Å²) >= 11 is 0. The van der Waals surface area contributed by atoms with Gasteiger partial charge in [-0.3, -0.25) is 5.10 Å². The maximum absolute atomic E-state index is 10.4. The van der Waals surface area contributed by atoms with Gasteiger partial charge in [0.15, 0.2) is 0 Å². The predicted molar refractivity (Wildman–Crippen MR) is 105 cm³/mol. The minimum atomic E-state index is 0.157. The van der Waals surface area contributed by atoms with Crippen LogP contribution in [0.2, 0.25) is 0 Å². The summed E-state index contributed by atoms with van der Waals surface area (Å²) < 4.78 is 6.10. The molecular formula is C21H23N5O2. The molecule has 2 saturated heterocycles. The van der Waals surface area contributed by atoms with E-state index in [2.05, 4.69) is 32.6 Å². The minimum absolute atomic E-state index is 0.157. The molecule has 3 aromatic rings. The number of hydrogen-bond acceptors (Lipinski definition) is 6. The molecule has 2 aliphatic heterocycles. The molecule has 3 atom stereocenters. The number of rotatable bonds is 4. The van der Waals surface area contributed by atoms with Gasteiger partial charge in [0.1, 0.15) is 11.9 Å². The average Bonchev–Trinajstić information content (AvgIpc) is 3.30. The Bertz CT molecular complexity index is 973. The second-order valence-electron chi connectivity index (χ2n) is 8.10. The highest BCUT2D eigenvalue weighted by molar-refractivity contribution is 5.73. The first kappa shape index (κ1) is 17.2. The second-order valence-corrected chi connectivity index (χ2v) is 8.10. The van der Waals surface area contributed by atoms with Crippen LogP contribution in [0.4, 0.5) is 0 Å². The van der Waals surface area contributed by atoms with Crippen molar-refractivity contribution in [3.8, 4) is 34.0 Å². The molecule has 0 saturated carbocycles. The lowest BCUT2D eigenvalue weighted by Crippen LogP contribution is -2.50. The van der Waals surface area contributed by atoms with Crippen LogP contribution in [0.1, 0.15) is 32.6 Å². The third-order valence-corrected chi connectivity index (χ3v) is 5.86. The number of phenols is 1. The first-order chi connectivity index (χ1) is 13.6. The first-order valence-electron chi connectivity index (χ1n) is 9.69. The molecular weight excluding hydrogens is 354 g/mol. The second kappa shape index (κ2) is 6.60. The van der Waals surface area contributed by atoms with Crippen LogP contribution in [0, 0.1) is 0 Å². The van der Waals surface area contributed by atoms with Crippen molar-refractivity contribution in [3.05, 3.63) is 42.7 Å². The molecule has 2 bridgehead atoms. The van der Waals surface area contributed by atoms with Crippen molar-refractivity contribution in [2.45, 2.75) is 50.3 Å². The largest absolute Gasteiger partial charge is 0.507 e. The van der Waals surface area contributed by atoms with Crippen molar-refractivity contribution in [2.75, 3.05) is 0 Å². The highest BCUT2D eigenvalue weighted by Crippen LogP contribution is 2.37. The lowest BCUT2D eigenvalue weighted by atomic mass is 9.91. The summed E-state index contributed by atoms with van der Waals surface area (Å²) in [5.41, 5.74) is 3.24. The summed E-state index contributed by atoms with van der Waals surface area (Å²) in [5.74, 6) is 0.692. The lowest BCUT2D eigenvalue weighted by Gasteiger charge is -2.36. The van der Waals surface area contributed by atoms with Crippen molar-refractivity contribution >= 4 is 0 Å². The molecule has 28 heavy (non-hydrogen) atoms. The zero-order valence-corrected chi connectivity index (χ0v) is 15.7. The number of hydrogen-bond donors (Lipinski definition) is 3. The minimum Gasteiger partial charge on any atom is -0.507 e. The van der Waals surface area contributed by atoms with Gasteiger partial charge in [0.05, 0.1) is 11.9 Å². The normalized spacial score (nSPS) is 26.3. The zero-order valence-electron chi connectivity index (χ0n) is 15.7. The summed E-state index contributed by atoms with van der Waals surface area (Å²) in [5, 5.41) is 29.3. The van der Waals surface area contributed by atoms with Crippen LogP contribution in [0.5, 0.6) is 11.6 Å². The molecule has 2 aliphatic rings. The summed E-state index contributed by atoms with van der Waals surface area (Å²) in [6.07, 6.45) is 8.09. The number of benzene rings is 1. The predicted octanol–water partition coefficient (Wildman–Crippen LogP) is 3.29. The van der Waals surface area contributed by atoms with E-state index >= 15 is 0 Å². The van der Waals surface area contributed by atoms with E-state index < -0.39 is 0 Å². The van der Waals surface area contributed by atoms with E-state index in [1.165, 1.54) is 12.8 Å². The quantitative estimate of drug-likeness (QED) is 0.646. The van der Waals surface area contributed by atoms with E-state index in [1.807, 2.05) is 24.3 Å². The molecule has 0 spiro atoms. The van der Waals surface area contributed by atoms with Gasteiger partial charge in [-0.1, -0.05) is 6.07 Å². The standard InChI is InChI=1S/C21H23N5O2/c1-21-7-6-15(24-21)9-16(10-21)28-20-5-4-18(25-26-20)17-3-2-13(8-19(17)27)14-11-22-23-12-14/h2-5,8,11-12,15-16,24,27H,6-7,9-10H2,1H3,(H,22,23)/t15-,16-,21+/m1/s1. The van der Waals surface area contributed by atoms with Gasteiger partial charge in [0, 0.05) is 41.4 Å². The Morgan fingerprint density at radius 2 is 2.11 bits per heavy atom. The number of aromatic nitrogens is 4. The topological polar surface area (TPSA) is 96.0 Å². The fourth-order valence-corrected chi connectivity index (χ4v) is 4.49. The van der Waals surface area contributed by atoms with E-state index in [-0.39, 0.29) is 17.4 Å². The van der Waals surface area contributed by atoms with E-state index in [4.69, 9.17) is 4.74 Å². The van der Waals surface area contributed by atoms with Gasteiger partial charge in [-0.15, -0.1) is 10.2 Å². The van der Waals surface area contributed by atoms with Crippen LogP contribution in [-0.4, -0.2) is 43.2 Å². The van der Waals surface area contributed by atoms with Gasteiger partial charge in [-0.05, 0) is 49.9 Å². The summed E-state index contributed by atoms with van der Waals surface area (Å²) in [6, 6.07) is 9.69. The SMILES string of the molecule is C[C@]12CC[C@H](C[C@@H](Oc3ccc(-c4ccc(-c5cn[nH]c5)cc4O)nn3)C1)N2. The number of nitrogens with one attached hydrogen (secondary N) is 2. The molecule has 144 valence electrons. The number of phenolic OH excluding ortho intramolecular Hbond substituents is 1. The third kappa shape index (κ3) is 3.22. The van der Waals surface area contributed by atoms with E-state index in [0.29, 0.717) is 23.2 Å². The van der Waals surface area contributed by atoms with Crippen molar-refractivity contribution in [3.63, 3.8) is 0 Å².